The molecule has 9 heteroatoms. The zero-order valence-corrected chi connectivity index (χ0v) is 49.6. The standard InChI is InChI=1S/C83H53N9/c1-8-25-54(26-9-1)61-44-47-74-67(49-61)68-50-62(55-27-10-2-11-28-55)45-48-75(68)91(74)64-52-69(82-87-78(57-31-14-4-15-32-57)85-79(88-82)58-33-16-5-17-34-58)77(70(53-64)83-89-80(59-35-18-6-19-36-59)86-81(90-83)60-37-20-7-21-38-60)92-73-42-23-22-39-65(73)66-46-43-63(51-76(66)92)72-41-24-40-71(84-72)56-29-12-3-13-30-56/h1-53H. The molecule has 0 saturated heterocycles. The summed E-state index contributed by atoms with van der Waals surface area (Å²) < 4.78 is 4.76. The topological polar surface area (TPSA) is 100 Å². The summed E-state index contributed by atoms with van der Waals surface area (Å²) in [5.41, 5.74) is 18.6. The summed E-state index contributed by atoms with van der Waals surface area (Å²) in [5, 5.41) is 4.30. The van der Waals surface area contributed by atoms with Crippen LogP contribution in [0.5, 0.6) is 0 Å². The van der Waals surface area contributed by atoms with Gasteiger partial charge in [0, 0.05) is 71.7 Å². The molecule has 0 aliphatic rings. The van der Waals surface area contributed by atoms with E-state index < -0.39 is 0 Å². The Morgan fingerprint density at radius 3 is 0.978 bits per heavy atom. The molecule has 430 valence electrons. The first-order valence-corrected chi connectivity index (χ1v) is 30.8. The second-order valence-electron chi connectivity index (χ2n) is 22.9. The number of rotatable bonds is 12. The van der Waals surface area contributed by atoms with Crippen molar-refractivity contribution in [3.05, 3.63) is 322 Å². The fourth-order valence-corrected chi connectivity index (χ4v) is 12.8. The van der Waals surface area contributed by atoms with Gasteiger partial charge in [-0.2, -0.15) is 0 Å². The van der Waals surface area contributed by atoms with Crippen LogP contribution in [0.2, 0.25) is 0 Å². The van der Waals surface area contributed by atoms with Gasteiger partial charge in [0.15, 0.2) is 34.9 Å². The molecular formula is C83H53N9. The first-order valence-electron chi connectivity index (χ1n) is 30.8. The molecule has 0 bridgehead atoms. The van der Waals surface area contributed by atoms with Crippen LogP contribution in [0.4, 0.5) is 0 Å². The minimum absolute atomic E-state index is 0.453. The smallest absolute Gasteiger partial charge is 0.166 e. The molecule has 0 unspecified atom stereocenters. The van der Waals surface area contributed by atoms with Crippen LogP contribution in [0.25, 0.3) is 168 Å². The van der Waals surface area contributed by atoms with Crippen molar-refractivity contribution in [2.24, 2.45) is 0 Å². The third kappa shape index (κ3) is 9.74. The monoisotopic (exact) mass is 1180 g/mol. The molecule has 92 heavy (non-hydrogen) atoms. The molecule has 5 heterocycles. The van der Waals surface area contributed by atoms with Gasteiger partial charge in [-0.3, -0.25) is 0 Å². The first-order chi connectivity index (χ1) is 45.6. The lowest BCUT2D eigenvalue weighted by Crippen LogP contribution is -2.09. The summed E-state index contributed by atoms with van der Waals surface area (Å²) in [6.45, 7) is 0. The predicted molar refractivity (Wildman–Crippen MR) is 374 cm³/mol. The van der Waals surface area contributed by atoms with Crippen LogP contribution in [0, 0.1) is 0 Å². The highest BCUT2D eigenvalue weighted by atomic mass is 15.1. The predicted octanol–water partition coefficient (Wildman–Crippen LogP) is 20.3. The summed E-state index contributed by atoms with van der Waals surface area (Å²) in [6.07, 6.45) is 0. The molecule has 17 aromatic rings. The fraction of sp³-hybridized carbons (Fsp3) is 0. The Morgan fingerprint density at radius 1 is 0.185 bits per heavy atom. The van der Waals surface area contributed by atoms with Crippen LogP contribution in [-0.4, -0.2) is 44.0 Å². The highest BCUT2D eigenvalue weighted by Crippen LogP contribution is 2.46. The van der Waals surface area contributed by atoms with Crippen LogP contribution in [0.3, 0.4) is 0 Å². The lowest BCUT2D eigenvalue weighted by atomic mass is 10.0. The number of para-hydroxylation sites is 1. The van der Waals surface area contributed by atoms with Crippen molar-refractivity contribution in [3.8, 4) is 124 Å². The molecule has 0 radical (unpaired) electrons. The van der Waals surface area contributed by atoms with E-state index in [0.717, 1.165) is 122 Å². The molecule has 0 amide bonds. The lowest BCUT2D eigenvalue weighted by molar-refractivity contribution is 1.05. The molecule has 0 N–H and O–H groups in total. The Hall–Kier alpha value is -12.6. The lowest BCUT2D eigenvalue weighted by Gasteiger charge is -2.21. The summed E-state index contributed by atoms with van der Waals surface area (Å²) in [6, 6.07) is 112. The van der Waals surface area contributed by atoms with E-state index in [1.165, 1.54) is 0 Å². The number of fused-ring (bicyclic) bond motifs is 6. The SMILES string of the molecule is c1ccc(-c2ccc3c(c2)c2cc(-c4ccccc4)ccc2n3-c2cc(-c3nc(-c4ccccc4)nc(-c4ccccc4)n3)c(-n3c4ccccc4c4ccc(-c5cccc(-c6ccccc6)n5)cc43)c(-c3nc(-c4ccccc4)nc(-c4ccccc4)n3)c2)cc1. The largest absolute Gasteiger partial charge is 0.309 e. The minimum Gasteiger partial charge on any atom is -0.309 e. The van der Waals surface area contributed by atoms with Crippen LogP contribution in [0.15, 0.2) is 322 Å². The van der Waals surface area contributed by atoms with Crippen LogP contribution >= 0.6 is 0 Å². The third-order valence-electron chi connectivity index (χ3n) is 17.2. The normalized spacial score (nSPS) is 11.5. The Balaban J connectivity index is 1.04. The minimum atomic E-state index is 0.453. The van der Waals surface area contributed by atoms with Gasteiger partial charge in [0.25, 0.3) is 0 Å². The van der Waals surface area contributed by atoms with Gasteiger partial charge in [0.2, 0.25) is 0 Å². The number of hydrogen-bond acceptors (Lipinski definition) is 7. The maximum atomic E-state index is 5.63. The molecule has 0 fully saturated rings. The summed E-state index contributed by atoms with van der Waals surface area (Å²) >= 11 is 0. The molecule has 0 spiro atoms. The van der Waals surface area contributed by atoms with Crippen molar-refractivity contribution < 1.29 is 0 Å². The second-order valence-corrected chi connectivity index (χ2v) is 22.9. The van der Waals surface area contributed by atoms with E-state index in [-0.39, 0.29) is 0 Å². The Morgan fingerprint density at radius 2 is 0.533 bits per heavy atom. The van der Waals surface area contributed by atoms with Crippen LogP contribution < -0.4 is 0 Å². The van der Waals surface area contributed by atoms with Crippen molar-refractivity contribution in [1.82, 2.24) is 44.0 Å². The number of pyridine rings is 1. The first kappa shape index (κ1) is 53.6. The molecule has 0 saturated carbocycles. The van der Waals surface area contributed by atoms with Gasteiger partial charge in [-0.1, -0.05) is 261 Å². The summed E-state index contributed by atoms with van der Waals surface area (Å²) in [4.78, 5) is 38.4. The van der Waals surface area contributed by atoms with E-state index in [0.29, 0.717) is 46.1 Å². The van der Waals surface area contributed by atoms with Crippen molar-refractivity contribution in [2.75, 3.05) is 0 Å². The maximum absolute atomic E-state index is 5.63. The Kier molecular flexibility index (Phi) is 13.3. The molecule has 9 nitrogen and oxygen atoms in total. The van der Waals surface area contributed by atoms with Crippen molar-refractivity contribution >= 4 is 43.6 Å². The van der Waals surface area contributed by atoms with Gasteiger partial charge in [-0.25, -0.2) is 34.9 Å². The molecule has 17 rings (SSSR count). The van der Waals surface area contributed by atoms with Gasteiger partial charge in [0.1, 0.15) is 0 Å². The highest BCUT2D eigenvalue weighted by molar-refractivity contribution is 6.13. The van der Waals surface area contributed by atoms with Crippen molar-refractivity contribution in [2.45, 2.75) is 0 Å². The molecule has 5 aromatic heterocycles. The molecule has 12 aromatic carbocycles. The van der Waals surface area contributed by atoms with Crippen LogP contribution in [0.1, 0.15) is 0 Å². The zero-order chi connectivity index (χ0) is 60.9. The van der Waals surface area contributed by atoms with Gasteiger partial charge >= 0.3 is 0 Å². The van der Waals surface area contributed by atoms with Gasteiger partial charge in [0.05, 0.1) is 39.1 Å². The van der Waals surface area contributed by atoms with Gasteiger partial charge < -0.3 is 9.13 Å². The van der Waals surface area contributed by atoms with E-state index in [2.05, 4.69) is 252 Å². The summed E-state index contributed by atoms with van der Waals surface area (Å²) in [5.74, 6) is 3.01. The molecular weight excluding hydrogens is 1120 g/mol. The highest BCUT2D eigenvalue weighted by Gasteiger charge is 2.28. The van der Waals surface area contributed by atoms with E-state index in [4.69, 9.17) is 34.9 Å². The van der Waals surface area contributed by atoms with E-state index in [9.17, 15) is 0 Å². The molecule has 0 atom stereocenters. The number of benzene rings is 12. The number of aromatic nitrogens is 9. The van der Waals surface area contributed by atoms with Gasteiger partial charge in [-0.15, -0.1) is 0 Å². The number of hydrogen-bond donors (Lipinski definition) is 0. The van der Waals surface area contributed by atoms with Crippen LogP contribution in [-0.2, 0) is 0 Å². The fourth-order valence-electron chi connectivity index (χ4n) is 12.8. The second kappa shape index (κ2) is 22.8. The Labute approximate surface area is 530 Å². The summed E-state index contributed by atoms with van der Waals surface area (Å²) in [7, 11) is 0. The van der Waals surface area contributed by atoms with Crippen molar-refractivity contribution in [1.29, 1.82) is 0 Å². The quantitative estimate of drug-likeness (QED) is 0.120. The maximum Gasteiger partial charge on any atom is 0.166 e. The van der Waals surface area contributed by atoms with E-state index >= 15 is 0 Å². The third-order valence-corrected chi connectivity index (χ3v) is 17.2. The average molecular weight is 1180 g/mol. The molecule has 0 aliphatic carbocycles. The zero-order valence-electron chi connectivity index (χ0n) is 49.6. The van der Waals surface area contributed by atoms with Crippen molar-refractivity contribution in [3.63, 3.8) is 0 Å². The average Bonchev–Trinajstić information content (AvgIpc) is 1.37. The Bertz CT molecular complexity index is 5240. The van der Waals surface area contributed by atoms with E-state index in [1.807, 2.05) is 78.9 Å². The van der Waals surface area contributed by atoms with Gasteiger partial charge in [-0.05, 0) is 82.9 Å². The number of nitrogens with zero attached hydrogens (tertiary/aromatic N) is 9. The van der Waals surface area contributed by atoms with E-state index in [1.54, 1.807) is 0 Å². The molecule has 0 aliphatic heterocycles.